The number of nitrogens with one attached hydrogen (secondary N) is 1. The number of benzene rings is 1. The quantitative estimate of drug-likeness (QED) is 0.783. The topological polar surface area (TPSA) is 38.3 Å². The monoisotopic (exact) mass is 217 g/mol. The van der Waals surface area contributed by atoms with Crippen molar-refractivity contribution in [3.05, 3.63) is 35.9 Å². The summed E-state index contributed by atoms with van der Waals surface area (Å²) >= 11 is 0. The molecule has 1 N–H and O–H groups in total. The van der Waals surface area contributed by atoms with Crippen molar-refractivity contribution >= 4 is 12.0 Å². The van der Waals surface area contributed by atoms with Crippen LogP contribution < -0.4 is 10.1 Å². The van der Waals surface area contributed by atoms with Gasteiger partial charge < -0.3 is 10.1 Å². The zero-order valence-electron chi connectivity index (χ0n) is 9.27. The van der Waals surface area contributed by atoms with Gasteiger partial charge in [-0.05, 0) is 25.0 Å². The van der Waals surface area contributed by atoms with Crippen LogP contribution >= 0.6 is 0 Å². The summed E-state index contributed by atoms with van der Waals surface area (Å²) in [7, 11) is 1.62. The molecule has 0 unspecified atom stereocenters. The first-order valence-electron chi connectivity index (χ1n) is 5.41. The molecule has 1 amide bonds. The van der Waals surface area contributed by atoms with Gasteiger partial charge in [0.1, 0.15) is 5.75 Å². The molecule has 1 aromatic rings. The van der Waals surface area contributed by atoms with Crippen LogP contribution in [0.3, 0.4) is 0 Å². The van der Waals surface area contributed by atoms with E-state index in [1.54, 1.807) is 19.3 Å². The van der Waals surface area contributed by atoms with Crippen LogP contribution in [-0.4, -0.2) is 19.1 Å². The van der Waals surface area contributed by atoms with Crippen LogP contribution in [0.4, 0.5) is 0 Å². The van der Waals surface area contributed by atoms with Crippen LogP contribution in [0.2, 0.25) is 0 Å². The van der Waals surface area contributed by atoms with Gasteiger partial charge in [0.25, 0.3) is 0 Å². The molecular weight excluding hydrogens is 202 g/mol. The molecule has 1 saturated carbocycles. The zero-order chi connectivity index (χ0) is 11.4. The molecule has 1 aliphatic rings. The Morgan fingerprint density at radius 1 is 1.44 bits per heavy atom. The molecule has 3 nitrogen and oxygen atoms in total. The van der Waals surface area contributed by atoms with E-state index in [2.05, 4.69) is 5.32 Å². The Bertz CT molecular complexity index is 408. The zero-order valence-corrected chi connectivity index (χ0v) is 9.27. The summed E-state index contributed by atoms with van der Waals surface area (Å²) in [6.07, 6.45) is 5.54. The highest BCUT2D eigenvalue weighted by Gasteiger charge is 2.21. The third kappa shape index (κ3) is 2.86. The van der Waals surface area contributed by atoms with Crippen LogP contribution in [0, 0.1) is 0 Å². The van der Waals surface area contributed by atoms with Crippen LogP contribution in [0.1, 0.15) is 18.4 Å². The summed E-state index contributed by atoms with van der Waals surface area (Å²) in [5.74, 6) is 0.742. The van der Waals surface area contributed by atoms with E-state index in [1.165, 1.54) is 0 Å². The van der Waals surface area contributed by atoms with Crippen molar-refractivity contribution in [1.82, 2.24) is 5.32 Å². The van der Waals surface area contributed by atoms with E-state index in [1.807, 2.05) is 24.3 Å². The third-order valence-corrected chi connectivity index (χ3v) is 2.48. The van der Waals surface area contributed by atoms with Gasteiger partial charge in [-0.15, -0.1) is 0 Å². The number of amides is 1. The van der Waals surface area contributed by atoms with Gasteiger partial charge >= 0.3 is 0 Å². The first kappa shape index (κ1) is 10.7. The fourth-order valence-corrected chi connectivity index (χ4v) is 1.45. The molecule has 16 heavy (non-hydrogen) atoms. The number of carbonyl (C=O) groups excluding carboxylic acids is 1. The Kier molecular flexibility index (Phi) is 3.25. The molecule has 1 aromatic carbocycles. The number of para-hydroxylation sites is 1. The number of hydrogen-bond acceptors (Lipinski definition) is 2. The molecule has 2 rings (SSSR count). The van der Waals surface area contributed by atoms with Gasteiger partial charge in [0.2, 0.25) is 5.91 Å². The van der Waals surface area contributed by atoms with E-state index in [4.69, 9.17) is 4.74 Å². The van der Waals surface area contributed by atoms with Crippen LogP contribution in [0.25, 0.3) is 6.08 Å². The lowest BCUT2D eigenvalue weighted by Crippen LogP contribution is -2.22. The highest BCUT2D eigenvalue weighted by molar-refractivity contribution is 5.92. The summed E-state index contributed by atoms with van der Waals surface area (Å²) in [6, 6.07) is 8.01. The summed E-state index contributed by atoms with van der Waals surface area (Å²) in [5.41, 5.74) is 0.913. The molecule has 0 saturated heterocycles. The Morgan fingerprint density at radius 3 is 2.88 bits per heavy atom. The van der Waals surface area contributed by atoms with Crippen molar-refractivity contribution in [3.8, 4) is 5.75 Å². The average molecular weight is 217 g/mol. The number of carbonyl (C=O) groups is 1. The fourth-order valence-electron chi connectivity index (χ4n) is 1.45. The summed E-state index contributed by atoms with van der Waals surface area (Å²) in [4.78, 5) is 11.4. The van der Waals surface area contributed by atoms with Crippen molar-refractivity contribution < 1.29 is 9.53 Å². The second kappa shape index (κ2) is 4.84. The molecular formula is C13H15NO2. The first-order chi connectivity index (χ1) is 7.79. The molecule has 0 radical (unpaired) electrons. The molecule has 0 aromatic heterocycles. The second-order valence-electron chi connectivity index (χ2n) is 3.86. The molecule has 1 aliphatic carbocycles. The summed E-state index contributed by atoms with van der Waals surface area (Å²) in [6.45, 7) is 0. The van der Waals surface area contributed by atoms with Crippen molar-refractivity contribution in [1.29, 1.82) is 0 Å². The van der Waals surface area contributed by atoms with Gasteiger partial charge in [-0.1, -0.05) is 18.2 Å². The van der Waals surface area contributed by atoms with Crippen LogP contribution in [-0.2, 0) is 4.79 Å². The number of rotatable bonds is 4. The summed E-state index contributed by atoms with van der Waals surface area (Å²) in [5, 5.41) is 2.90. The van der Waals surface area contributed by atoms with Gasteiger partial charge in [-0.3, -0.25) is 4.79 Å². The highest BCUT2D eigenvalue weighted by atomic mass is 16.5. The molecule has 0 spiro atoms. The number of methoxy groups -OCH3 is 1. The molecule has 0 atom stereocenters. The lowest BCUT2D eigenvalue weighted by Gasteiger charge is -2.03. The van der Waals surface area contributed by atoms with E-state index in [0.717, 1.165) is 24.2 Å². The standard InChI is InChI=1S/C13H15NO2/c1-16-12-5-3-2-4-10(12)6-9-13(15)14-11-7-8-11/h2-6,9,11H,7-8H2,1H3,(H,14,15). The summed E-state index contributed by atoms with van der Waals surface area (Å²) < 4.78 is 5.19. The minimum Gasteiger partial charge on any atom is -0.496 e. The minimum atomic E-state index is -0.0339. The third-order valence-electron chi connectivity index (χ3n) is 2.48. The van der Waals surface area contributed by atoms with Crippen molar-refractivity contribution in [2.75, 3.05) is 7.11 Å². The maximum atomic E-state index is 11.4. The van der Waals surface area contributed by atoms with Crippen molar-refractivity contribution in [3.63, 3.8) is 0 Å². The van der Waals surface area contributed by atoms with Crippen molar-refractivity contribution in [2.24, 2.45) is 0 Å². The van der Waals surface area contributed by atoms with Gasteiger partial charge in [0.15, 0.2) is 0 Å². The van der Waals surface area contributed by atoms with Gasteiger partial charge in [0.05, 0.1) is 7.11 Å². The highest BCUT2D eigenvalue weighted by Crippen LogP contribution is 2.20. The molecule has 1 fully saturated rings. The average Bonchev–Trinajstić information content (AvgIpc) is 3.10. The Balaban J connectivity index is 2.00. The Morgan fingerprint density at radius 2 is 2.19 bits per heavy atom. The SMILES string of the molecule is COc1ccccc1C=CC(=O)NC1CC1. The van der Waals surface area contributed by atoms with E-state index in [9.17, 15) is 4.79 Å². The van der Waals surface area contributed by atoms with Gasteiger partial charge in [-0.2, -0.15) is 0 Å². The smallest absolute Gasteiger partial charge is 0.244 e. The molecule has 84 valence electrons. The lowest BCUT2D eigenvalue weighted by molar-refractivity contribution is -0.116. The van der Waals surface area contributed by atoms with E-state index < -0.39 is 0 Å². The maximum absolute atomic E-state index is 11.4. The number of ether oxygens (including phenoxy) is 1. The normalized spacial score (nSPS) is 15.1. The Labute approximate surface area is 95.1 Å². The minimum absolute atomic E-state index is 0.0339. The second-order valence-corrected chi connectivity index (χ2v) is 3.86. The predicted molar refractivity (Wildman–Crippen MR) is 63.2 cm³/mol. The van der Waals surface area contributed by atoms with E-state index in [-0.39, 0.29) is 5.91 Å². The molecule has 3 heteroatoms. The van der Waals surface area contributed by atoms with E-state index in [0.29, 0.717) is 6.04 Å². The predicted octanol–water partition coefficient (Wildman–Crippen LogP) is 1.99. The van der Waals surface area contributed by atoms with Gasteiger partial charge in [-0.25, -0.2) is 0 Å². The molecule has 0 heterocycles. The maximum Gasteiger partial charge on any atom is 0.244 e. The molecule has 0 aliphatic heterocycles. The van der Waals surface area contributed by atoms with Crippen LogP contribution in [0.5, 0.6) is 5.75 Å². The fraction of sp³-hybridized carbons (Fsp3) is 0.308. The Hall–Kier alpha value is -1.77. The van der Waals surface area contributed by atoms with Crippen LogP contribution in [0.15, 0.2) is 30.3 Å². The number of hydrogen-bond donors (Lipinski definition) is 1. The first-order valence-corrected chi connectivity index (χ1v) is 5.41. The van der Waals surface area contributed by atoms with E-state index >= 15 is 0 Å². The van der Waals surface area contributed by atoms with Gasteiger partial charge in [0, 0.05) is 17.7 Å². The lowest BCUT2D eigenvalue weighted by atomic mass is 10.2. The largest absolute Gasteiger partial charge is 0.496 e. The molecule has 0 bridgehead atoms. The van der Waals surface area contributed by atoms with Crippen molar-refractivity contribution in [2.45, 2.75) is 18.9 Å².